The zero-order chi connectivity index (χ0) is 15.8. The maximum Gasteiger partial charge on any atom is 0.391 e. The molecule has 0 aliphatic heterocycles. The summed E-state index contributed by atoms with van der Waals surface area (Å²) in [5.74, 6) is -1.77. The summed E-state index contributed by atoms with van der Waals surface area (Å²) in [4.78, 5) is 0. The average molecular weight is 325 g/mol. The monoisotopic (exact) mass is 324 g/mol. The zero-order valence-corrected chi connectivity index (χ0v) is 12.8. The van der Waals surface area contributed by atoms with E-state index in [0.29, 0.717) is 23.6 Å². The molecule has 3 nitrogen and oxygen atoms in total. The smallest absolute Gasteiger partial charge is 0.386 e. The molecule has 0 aromatic carbocycles. The van der Waals surface area contributed by atoms with Crippen LogP contribution >= 0.6 is 11.6 Å². The zero-order valence-electron chi connectivity index (χ0n) is 12.1. The fourth-order valence-electron chi connectivity index (χ4n) is 3.07. The van der Waals surface area contributed by atoms with Crippen molar-refractivity contribution < 1.29 is 18.3 Å². The first kappa shape index (κ1) is 16.6. The molecule has 1 heterocycles. The lowest BCUT2D eigenvalue weighted by molar-refractivity contribution is -0.189. The standard InChI is InChI=1S/C14H20ClF3N2O/c1-8(2)20-12(11(15)7-19-20)13(21)9-4-3-5-10(6-9)14(16,17)18/h7-10,13,21H,3-6H2,1-2H3. The van der Waals surface area contributed by atoms with Crippen molar-refractivity contribution in [1.82, 2.24) is 9.78 Å². The van der Waals surface area contributed by atoms with Crippen LogP contribution in [-0.4, -0.2) is 21.1 Å². The molecule has 7 heteroatoms. The van der Waals surface area contributed by atoms with Crippen molar-refractivity contribution in [2.75, 3.05) is 0 Å². The molecule has 1 aromatic rings. The van der Waals surface area contributed by atoms with E-state index >= 15 is 0 Å². The van der Waals surface area contributed by atoms with Crippen LogP contribution in [0.4, 0.5) is 13.2 Å². The van der Waals surface area contributed by atoms with E-state index in [1.165, 1.54) is 6.20 Å². The van der Waals surface area contributed by atoms with Gasteiger partial charge in [-0.05, 0) is 39.0 Å². The Balaban J connectivity index is 2.20. The normalized spacial score (nSPS) is 25.3. The Labute approximate surface area is 127 Å². The van der Waals surface area contributed by atoms with Crippen molar-refractivity contribution in [3.05, 3.63) is 16.9 Å². The third-order valence-corrected chi connectivity index (χ3v) is 4.47. The summed E-state index contributed by atoms with van der Waals surface area (Å²) >= 11 is 6.06. The highest BCUT2D eigenvalue weighted by Crippen LogP contribution is 2.45. The minimum Gasteiger partial charge on any atom is -0.386 e. The quantitative estimate of drug-likeness (QED) is 0.887. The van der Waals surface area contributed by atoms with E-state index in [4.69, 9.17) is 11.6 Å². The van der Waals surface area contributed by atoms with Crippen LogP contribution in [0.2, 0.25) is 5.02 Å². The second kappa shape index (κ2) is 6.16. The lowest BCUT2D eigenvalue weighted by Gasteiger charge is -2.33. The van der Waals surface area contributed by atoms with Crippen LogP contribution in [0.1, 0.15) is 57.4 Å². The van der Waals surface area contributed by atoms with E-state index in [9.17, 15) is 18.3 Å². The van der Waals surface area contributed by atoms with Gasteiger partial charge in [0.1, 0.15) is 0 Å². The van der Waals surface area contributed by atoms with Gasteiger partial charge in [-0.15, -0.1) is 0 Å². The van der Waals surface area contributed by atoms with E-state index in [1.807, 2.05) is 13.8 Å². The van der Waals surface area contributed by atoms with Gasteiger partial charge in [0.2, 0.25) is 0 Å². The lowest BCUT2D eigenvalue weighted by Crippen LogP contribution is -2.31. The second-order valence-electron chi connectivity index (χ2n) is 6.03. The van der Waals surface area contributed by atoms with Gasteiger partial charge in [0.05, 0.1) is 28.9 Å². The topological polar surface area (TPSA) is 38.0 Å². The Kier molecular flexibility index (Phi) is 4.88. The summed E-state index contributed by atoms with van der Waals surface area (Å²) in [7, 11) is 0. The molecule has 1 aliphatic carbocycles. The molecular weight excluding hydrogens is 305 g/mol. The summed E-state index contributed by atoms with van der Waals surface area (Å²) in [6.07, 6.45) is -2.63. The molecule has 0 amide bonds. The summed E-state index contributed by atoms with van der Waals surface area (Å²) in [5.41, 5.74) is 0.430. The first-order valence-corrected chi connectivity index (χ1v) is 7.57. The number of hydrogen-bond donors (Lipinski definition) is 1. The average Bonchev–Trinajstić information content (AvgIpc) is 2.79. The Hall–Kier alpha value is -0.750. The van der Waals surface area contributed by atoms with Gasteiger partial charge in [0.15, 0.2) is 0 Å². The van der Waals surface area contributed by atoms with Crippen molar-refractivity contribution >= 4 is 11.6 Å². The highest BCUT2D eigenvalue weighted by molar-refractivity contribution is 6.31. The van der Waals surface area contributed by atoms with Gasteiger partial charge >= 0.3 is 6.18 Å². The van der Waals surface area contributed by atoms with Gasteiger partial charge in [-0.25, -0.2) is 0 Å². The molecule has 120 valence electrons. The molecule has 1 aliphatic rings. The van der Waals surface area contributed by atoms with E-state index in [2.05, 4.69) is 5.10 Å². The Morgan fingerprint density at radius 2 is 2.05 bits per heavy atom. The van der Waals surface area contributed by atoms with Crippen molar-refractivity contribution in [2.24, 2.45) is 11.8 Å². The Morgan fingerprint density at radius 1 is 1.38 bits per heavy atom. The molecule has 0 radical (unpaired) electrons. The van der Waals surface area contributed by atoms with Crippen LogP contribution in [-0.2, 0) is 0 Å². The molecule has 2 rings (SSSR count). The van der Waals surface area contributed by atoms with Crippen LogP contribution in [0.3, 0.4) is 0 Å². The van der Waals surface area contributed by atoms with Crippen LogP contribution in [0, 0.1) is 11.8 Å². The summed E-state index contributed by atoms with van der Waals surface area (Å²) in [6, 6.07) is -0.0100. The van der Waals surface area contributed by atoms with E-state index in [0.717, 1.165) is 0 Å². The van der Waals surface area contributed by atoms with Crippen LogP contribution in [0.5, 0.6) is 0 Å². The molecule has 0 saturated heterocycles. The molecule has 3 unspecified atom stereocenters. The van der Waals surface area contributed by atoms with Crippen LogP contribution < -0.4 is 0 Å². The lowest BCUT2D eigenvalue weighted by atomic mass is 9.77. The Morgan fingerprint density at radius 3 is 2.62 bits per heavy atom. The van der Waals surface area contributed by atoms with Gasteiger partial charge in [-0.3, -0.25) is 4.68 Å². The largest absolute Gasteiger partial charge is 0.391 e. The van der Waals surface area contributed by atoms with Crippen LogP contribution in [0.25, 0.3) is 0 Å². The fourth-order valence-corrected chi connectivity index (χ4v) is 3.32. The van der Waals surface area contributed by atoms with Gasteiger partial charge in [0.25, 0.3) is 0 Å². The number of aliphatic hydroxyl groups is 1. The first-order chi connectivity index (χ1) is 9.71. The maximum absolute atomic E-state index is 12.9. The molecule has 1 fully saturated rings. The van der Waals surface area contributed by atoms with Crippen molar-refractivity contribution in [3.8, 4) is 0 Å². The van der Waals surface area contributed by atoms with Gasteiger partial charge in [0, 0.05) is 6.04 Å². The molecular formula is C14H20ClF3N2O. The van der Waals surface area contributed by atoms with Crippen molar-refractivity contribution in [3.63, 3.8) is 0 Å². The molecule has 1 saturated carbocycles. The Bertz CT molecular complexity index is 487. The predicted octanol–water partition coefficient (Wildman–Crippen LogP) is 4.52. The molecule has 0 bridgehead atoms. The molecule has 1 N–H and O–H groups in total. The number of nitrogens with zero attached hydrogens (tertiary/aromatic N) is 2. The maximum atomic E-state index is 12.9. The number of alkyl halides is 3. The van der Waals surface area contributed by atoms with Gasteiger partial charge in [-0.1, -0.05) is 18.0 Å². The third-order valence-electron chi connectivity index (χ3n) is 4.18. The highest BCUT2D eigenvalue weighted by atomic mass is 35.5. The highest BCUT2D eigenvalue weighted by Gasteiger charge is 2.44. The summed E-state index contributed by atoms with van der Waals surface area (Å²) < 4.78 is 40.2. The molecule has 21 heavy (non-hydrogen) atoms. The van der Waals surface area contributed by atoms with Gasteiger partial charge < -0.3 is 5.11 Å². The minimum absolute atomic E-state index is 0.0100. The number of aromatic nitrogens is 2. The minimum atomic E-state index is -4.19. The van der Waals surface area contributed by atoms with Gasteiger partial charge in [-0.2, -0.15) is 18.3 Å². The summed E-state index contributed by atoms with van der Waals surface area (Å²) in [5, 5.41) is 14.9. The number of rotatable bonds is 3. The van der Waals surface area contributed by atoms with E-state index in [1.54, 1.807) is 4.68 Å². The molecule has 1 aromatic heterocycles. The van der Waals surface area contributed by atoms with E-state index in [-0.39, 0.29) is 18.9 Å². The van der Waals surface area contributed by atoms with Crippen molar-refractivity contribution in [1.29, 1.82) is 0 Å². The van der Waals surface area contributed by atoms with E-state index < -0.39 is 24.1 Å². The van der Waals surface area contributed by atoms with Crippen LogP contribution in [0.15, 0.2) is 6.20 Å². The van der Waals surface area contributed by atoms with Crippen molar-refractivity contribution in [2.45, 2.75) is 57.9 Å². The SMILES string of the molecule is CC(C)n1ncc(Cl)c1C(O)C1CCCC(C(F)(F)F)C1. The predicted molar refractivity (Wildman–Crippen MR) is 74.1 cm³/mol. The molecule has 3 atom stereocenters. The molecule has 0 spiro atoms. The first-order valence-electron chi connectivity index (χ1n) is 7.19. The second-order valence-corrected chi connectivity index (χ2v) is 6.43. The third kappa shape index (κ3) is 3.54. The number of aliphatic hydroxyl groups excluding tert-OH is 1. The fraction of sp³-hybridized carbons (Fsp3) is 0.786. The number of hydrogen-bond acceptors (Lipinski definition) is 2. The summed E-state index contributed by atoms with van der Waals surface area (Å²) in [6.45, 7) is 3.78. The number of halogens is 4.